The molecule has 0 aliphatic carbocycles. The zero-order valence-electron chi connectivity index (χ0n) is 20.1. The molecule has 1 aliphatic heterocycles. The number of nitrogens with zero attached hydrogens (tertiary/aromatic N) is 1. The average Bonchev–Trinajstić information content (AvgIpc) is 3.29. The Bertz CT molecular complexity index is 1400. The van der Waals surface area contributed by atoms with Crippen LogP contribution in [0.2, 0.25) is 5.02 Å². The van der Waals surface area contributed by atoms with Crippen LogP contribution in [0.3, 0.4) is 0 Å². The zero-order chi connectivity index (χ0) is 26.0. The van der Waals surface area contributed by atoms with Crippen LogP contribution in [0.1, 0.15) is 45.7 Å². The summed E-state index contributed by atoms with van der Waals surface area (Å²) >= 11 is 5.88. The van der Waals surface area contributed by atoms with Gasteiger partial charge in [0, 0.05) is 17.7 Å². The second kappa shape index (κ2) is 10.1. The van der Waals surface area contributed by atoms with Crippen molar-refractivity contribution in [3.05, 3.63) is 99.8 Å². The van der Waals surface area contributed by atoms with Crippen LogP contribution in [-0.2, 0) is 6.42 Å². The van der Waals surface area contributed by atoms with Gasteiger partial charge in [-0.2, -0.15) is 0 Å². The van der Waals surface area contributed by atoms with Gasteiger partial charge in [0.2, 0.25) is 0 Å². The largest absolute Gasteiger partial charge is 0.491 e. The summed E-state index contributed by atoms with van der Waals surface area (Å²) in [5, 5.41) is 9.74. The molecule has 1 atom stereocenters. The van der Waals surface area contributed by atoms with Crippen molar-refractivity contribution in [2.75, 3.05) is 0 Å². The number of carboxylic acid groups (broad SMARTS) is 1. The minimum absolute atomic E-state index is 0.102. The molecular formula is C29H25ClFNO4. The van der Waals surface area contributed by atoms with Gasteiger partial charge in [-0.25, -0.2) is 9.18 Å². The standard InChI is InChI=1S/C29H25ClFNO4/c1-17(2)36-26-10-7-19(20-6-5-18(3)24(14-20)28(34)35)13-21(26)16-29(11-4-12-32-29)27(33)23-9-8-22(30)15-25(23)31/h4-15,17H,16H2,1-3H3,(H,34,35). The lowest BCUT2D eigenvalue weighted by atomic mass is 9.83. The molecule has 3 aromatic carbocycles. The molecule has 0 saturated heterocycles. The van der Waals surface area contributed by atoms with Gasteiger partial charge in [0.05, 0.1) is 17.2 Å². The smallest absolute Gasteiger partial charge is 0.335 e. The second-order valence-electron chi connectivity index (χ2n) is 9.02. The highest BCUT2D eigenvalue weighted by Crippen LogP contribution is 2.35. The minimum atomic E-state index is -1.36. The highest BCUT2D eigenvalue weighted by atomic mass is 35.5. The van der Waals surface area contributed by atoms with Gasteiger partial charge in [-0.15, -0.1) is 0 Å². The van der Waals surface area contributed by atoms with E-state index in [1.807, 2.05) is 32.0 Å². The van der Waals surface area contributed by atoms with Crippen LogP contribution in [0.4, 0.5) is 4.39 Å². The summed E-state index contributed by atoms with van der Waals surface area (Å²) in [7, 11) is 0. The van der Waals surface area contributed by atoms with Crippen molar-refractivity contribution in [1.29, 1.82) is 0 Å². The lowest BCUT2D eigenvalue weighted by molar-refractivity contribution is 0.0695. The molecule has 5 nitrogen and oxygen atoms in total. The first-order valence-electron chi connectivity index (χ1n) is 11.5. The van der Waals surface area contributed by atoms with Crippen molar-refractivity contribution in [3.63, 3.8) is 0 Å². The van der Waals surface area contributed by atoms with Crippen molar-refractivity contribution in [2.45, 2.75) is 38.8 Å². The number of aliphatic imine (C=N–C) groups is 1. The number of halogens is 2. The Hall–Kier alpha value is -3.77. The number of hydrogen-bond acceptors (Lipinski definition) is 4. The number of hydrogen-bond donors (Lipinski definition) is 1. The third kappa shape index (κ3) is 5.09. The van der Waals surface area contributed by atoms with Crippen LogP contribution in [0.25, 0.3) is 11.1 Å². The van der Waals surface area contributed by atoms with E-state index >= 15 is 0 Å². The van der Waals surface area contributed by atoms with E-state index in [0.29, 0.717) is 22.4 Å². The average molecular weight is 506 g/mol. The van der Waals surface area contributed by atoms with E-state index in [1.165, 1.54) is 18.3 Å². The van der Waals surface area contributed by atoms with Crippen LogP contribution in [0.5, 0.6) is 5.75 Å². The summed E-state index contributed by atoms with van der Waals surface area (Å²) in [5.41, 5.74) is 1.57. The molecule has 0 fully saturated rings. The first-order chi connectivity index (χ1) is 17.1. The lowest BCUT2D eigenvalue weighted by Crippen LogP contribution is -2.36. The maximum absolute atomic E-state index is 14.7. The fourth-order valence-corrected chi connectivity index (χ4v) is 4.39. The van der Waals surface area contributed by atoms with E-state index in [4.69, 9.17) is 16.3 Å². The number of rotatable bonds is 8. The number of aromatic carboxylic acids is 1. The minimum Gasteiger partial charge on any atom is -0.491 e. The fraction of sp³-hybridized carbons (Fsp3) is 0.207. The summed E-state index contributed by atoms with van der Waals surface area (Å²) in [5.74, 6) is -1.64. The summed E-state index contributed by atoms with van der Waals surface area (Å²) in [6, 6.07) is 14.7. The molecular weight excluding hydrogens is 481 g/mol. The van der Waals surface area contributed by atoms with Gasteiger partial charge < -0.3 is 9.84 Å². The molecule has 3 aromatic rings. The fourth-order valence-electron chi connectivity index (χ4n) is 4.24. The quantitative estimate of drug-likeness (QED) is 0.344. The van der Waals surface area contributed by atoms with Crippen molar-refractivity contribution in [1.82, 2.24) is 0 Å². The Morgan fingerprint density at radius 3 is 2.42 bits per heavy atom. The maximum Gasteiger partial charge on any atom is 0.335 e. The number of ketones is 1. The number of Topliss-reactive ketones (excluding diaryl/α,β-unsaturated/α-hetero) is 1. The number of ether oxygens (including phenoxy) is 1. The summed E-state index contributed by atoms with van der Waals surface area (Å²) in [6.07, 6.45) is 4.84. The zero-order valence-corrected chi connectivity index (χ0v) is 20.8. The van der Waals surface area contributed by atoms with Crippen LogP contribution in [0.15, 0.2) is 71.7 Å². The van der Waals surface area contributed by atoms with E-state index in [2.05, 4.69) is 4.99 Å². The SMILES string of the molecule is Cc1ccc(-c2ccc(OC(C)C)c(CC3(C(=O)c4ccc(Cl)cc4F)C=CC=N3)c2)cc1C(=O)O. The van der Waals surface area contributed by atoms with Gasteiger partial charge in [0.1, 0.15) is 17.1 Å². The third-order valence-corrected chi connectivity index (χ3v) is 6.25. The number of carbonyl (C=O) groups is 2. The number of carboxylic acids is 1. The number of carbonyl (C=O) groups excluding carboxylic acids is 1. The van der Waals surface area contributed by atoms with Gasteiger partial charge in [-0.1, -0.05) is 29.8 Å². The molecule has 184 valence electrons. The molecule has 36 heavy (non-hydrogen) atoms. The van der Waals surface area contributed by atoms with Crippen molar-refractivity contribution >= 4 is 29.6 Å². The van der Waals surface area contributed by atoms with Gasteiger partial charge in [0.15, 0.2) is 5.78 Å². The molecule has 0 amide bonds. The molecule has 4 rings (SSSR count). The van der Waals surface area contributed by atoms with Gasteiger partial charge in [-0.05, 0) is 91.6 Å². The highest BCUT2D eigenvalue weighted by molar-refractivity contribution is 6.30. The number of aryl methyl sites for hydroxylation is 1. The summed E-state index contributed by atoms with van der Waals surface area (Å²) in [4.78, 5) is 29.7. The molecule has 0 spiro atoms. The first kappa shape index (κ1) is 25.3. The molecule has 1 aliphatic rings. The third-order valence-electron chi connectivity index (χ3n) is 6.02. The van der Waals surface area contributed by atoms with E-state index in [0.717, 1.165) is 11.6 Å². The van der Waals surface area contributed by atoms with E-state index in [9.17, 15) is 19.1 Å². The molecule has 0 bridgehead atoms. The topological polar surface area (TPSA) is 76.0 Å². The van der Waals surface area contributed by atoms with Crippen LogP contribution in [-0.4, -0.2) is 34.7 Å². The normalized spacial score (nSPS) is 16.5. The molecule has 1 heterocycles. The van der Waals surface area contributed by atoms with Crippen LogP contribution >= 0.6 is 11.6 Å². The molecule has 7 heteroatoms. The highest BCUT2D eigenvalue weighted by Gasteiger charge is 2.39. The van der Waals surface area contributed by atoms with E-state index < -0.39 is 23.1 Å². The maximum atomic E-state index is 14.7. The van der Waals surface area contributed by atoms with Gasteiger partial charge in [0.25, 0.3) is 0 Å². The van der Waals surface area contributed by atoms with Gasteiger partial charge >= 0.3 is 5.97 Å². The summed E-state index contributed by atoms with van der Waals surface area (Å²) < 4.78 is 20.7. The Balaban J connectivity index is 1.80. The van der Waals surface area contributed by atoms with Crippen LogP contribution < -0.4 is 4.74 Å². The van der Waals surface area contributed by atoms with Gasteiger partial charge in [-0.3, -0.25) is 9.79 Å². The van der Waals surface area contributed by atoms with E-state index in [-0.39, 0.29) is 28.7 Å². The molecule has 1 unspecified atom stereocenters. The van der Waals surface area contributed by atoms with Crippen LogP contribution in [0, 0.1) is 12.7 Å². The van der Waals surface area contributed by atoms with Crippen molar-refractivity contribution < 1.29 is 23.8 Å². The number of allylic oxidation sites excluding steroid dienone is 1. The van der Waals surface area contributed by atoms with Crippen molar-refractivity contribution in [2.24, 2.45) is 4.99 Å². The Morgan fingerprint density at radius 2 is 1.78 bits per heavy atom. The predicted molar refractivity (Wildman–Crippen MR) is 139 cm³/mol. The second-order valence-corrected chi connectivity index (χ2v) is 9.45. The Kier molecular flexibility index (Phi) is 7.09. The Labute approximate surface area is 213 Å². The molecule has 1 N–H and O–H groups in total. The first-order valence-corrected chi connectivity index (χ1v) is 11.8. The van der Waals surface area contributed by atoms with E-state index in [1.54, 1.807) is 37.3 Å². The molecule has 0 radical (unpaired) electrons. The monoisotopic (exact) mass is 505 g/mol. The number of benzene rings is 3. The molecule has 0 saturated carbocycles. The Morgan fingerprint density at radius 1 is 1.06 bits per heavy atom. The molecule has 0 aromatic heterocycles. The predicted octanol–water partition coefficient (Wildman–Crippen LogP) is 6.74. The summed E-state index contributed by atoms with van der Waals surface area (Å²) in [6.45, 7) is 5.54. The lowest BCUT2D eigenvalue weighted by Gasteiger charge is -2.25. The van der Waals surface area contributed by atoms with Crippen molar-refractivity contribution in [3.8, 4) is 16.9 Å².